The van der Waals surface area contributed by atoms with E-state index in [0.717, 1.165) is 6.54 Å². The normalized spacial score (nSPS) is 15.7. The minimum atomic E-state index is 0.141. The molecule has 0 fully saturated rings. The van der Waals surface area contributed by atoms with Gasteiger partial charge in [-0.15, -0.1) is 0 Å². The van der Waals surface area contributed by atoms with Crippen LogP contribution >= 0.6 is 0 Å². The van der Waals surface area contributed by atoms with Crippen molar-refractivity contribution in [2.45, 2.75) is 19.7 Å². The second-order valence-electron chi connectivity index (χ2n) is 2.61. The Balaban J connectivity index is 3.88. The largest absolute Gasteiger partial charge is 0.316 e. The molecule has 0 heterocycles. The molecular weight excluding hydrogens is 133 g/mol. The number of allylic oxidation sites excluding steroid dienone is 2. The fourth-order valence-electron chi connectivity index (χ4n) is 0.737. The molecule has 1 N–H and O–H groups in total. The van der Waals surface area contributed by atoms with Crippen molar-refractivity contribution in [2.75, 3.05) is 13.6 Å². The summed E-state index contributed by atoms with van der Waals surface area (Å²) in [4.78, 5) is 0. The molecule has 0 aliphatic heterocycles. The van der Waals surface area contributed by atoms with Gasteiger partial charge in [-0.3, -0.25) is 0 Å². The third-order valence-corrected chi connectivity index (χ3v) is 1.37. The van der Waals surface area contributed by atoms with Gasteiger partial charge >= 0.3 is 0 Å². The molecular formula is C9H16BN. The molecule has 1 unspecified atom stereocenters. The van der Waals surface area contributed by atoms with Crippen LogP contribution in [0, 0.1) is 0 Å². The smallest absolute Gasteiger partial charge is 0.0751 e. The number of rotatable bonds is 4. The molecule has 60 valence electrons. The van der Waals surface area contributed by atoms with E-state index in [0.29, 0.717) is 0 Å². The van der Waals surface area contributed by atoms with E-state index < -0.39 is 0 Å². The summed E-state index contributed by atoms with van der Waals surface area (Å²) in [6.07, 6.45) is 6.13. The fraction of sp³-hybridized carbons (Fsp3) is 0.556. The van der Waals surface area contributed by atoms with Crippen LogP contribution in [0.4, 0.5) is 0 Å². The van der Waals surface area contributed by atoms with Crippen molar-refractivity contribution in [3.8, 4) is 0 Å². The van der Waals surface area contributed by atoms with Gasteiger partial charge in [-0.1, -0.05) is 31.0 Å². The fourth-order valence-corrected chi connectivity index (χ4v) is 0.737. The standard InChI is InChI=1S/C9H16BN/c1-4-9(7-11-3)6-5-8(2)10/h4-6,8,11H,7H2,1-3H3. The molecule has 0 bridgehead atoms. The van der Waals surface area contributed by atoms with E-state index in [1.807, 2.05) is 27.0 Å². The zero-order valence-corrected chi connectivity index (χ0v) is 7.59. The molecule has 0 aromatic rings. The molecule has 0 aromatic heterocycles. The van der Waals surface area contributed by atoms with Crippen LogP contribution in [-0.4, -0.2) is 21.4 Å². The molecule has 0 saturated carbocycles. The van der Waals surface area contributed by atoms with Crippen LogP contribution in [0.3, 0.4) is 0 Å². The van der Waals surface area contributed by atoms with Crippen molar-refractivity contribution in [3.63, 3.8) is 0 Å². The lowest BCUT2D eigenvalue weighted by Gasteiger charge is -2.00. The lowest BCUT2D eigenvalue weighted by Crippen LogP contribution is -2.08. The lowest BCUT2D eigenvalue weighted by molar-refractivity contribution is 0.893. The van der Waals surface area contributed by atoms with Gasteiger partial charge in [-0.2, -0.15) is 0 Å². The Hall–Kier alpha value is -0.495. The molecule has 0 aromatic carbocycles. The first-order chi connectivity index (χ1) is 5.20. The van der Waals surface area contributed by atoms with Gasteiger partial charge in [0.05, 0.1) is 7.85 Å². The monoisotopic (exact) mass is 149 g/mol. The third-order valence-electron chi connectivity index (χ3n) is 1.37. The first-order valence-corrected chi connectivity index (χ1v) is 3.94. The van der Waals surface area contributed by atoms with Crippen LogP contribution in [-0.2, 0) is 0 Å². The summed E-state index contributed by atoms with van der Waals surface area (Å²) >= 11 is 0. The summed E-state index contributed by atoms with van der Waals surface area (Å²) in [6, 6.07) is 0. The molecule has 0 rings (SSSR count). The van der Waals surface area contributed by atoms with E-state index in [2.05, 4.69) is 17.5 Å². The van der Waals surface area contributed by atoms with Crippen molar-refractivity contribution < 1.29 is 0 Å². The van der Waals surface area contributed by atoms with Crippen molar-refractivity contribution in [3.05, 3.63) is 23.8 Å². The summed E-state index contributed by atoms with van der Waals surface area (Å²) in [5.41, 5.74) is 1.27. The van der Waals surface area contributed by atoms with Gasteiger partial charge in [0.15, 0.2) is 0 Å². The molecule has 1 atom stereocenters. The topological polar surface area (TPSA) is 12.0 Å². The molecule has 11 heavy (non-hydrogen) atoms. The summed E-state index contributed by atoms with van der Waals surface area (Å²) < 4.78 is 0. The Labute approximate surface area is 71.0 Å². The minimum Gasteiger partial charge on any atom is -0.316 e. The minimum absolute atomic E-state index is 0.141. The maximum absolute atomic E-state index is 5.56. The SMILES string of the molecule is [B]C(C)C=CC(=CC)CNC. The highest BCUT2D eigenvalue weighted by Crippen LogP contribution is 2.01. The number of likely N-dealkylation sites (N-methyl/N-ethyl adjacent to an activating group) is 1. The third kappa shape index (κ3) is 5.93. The summed E-state index contributed by atoms with van der Waals surface area (Å²) in [5.74, 6) is 0.141. The molecule has 1 nitrogen and oxygen atoms in total. The van der Waals surface area contributed by atoms with Gasteiger partial charge in [-0.25, -0.2) is 0 Å². The molecule has 0 aliphatic carbocycles. The van der Waals surface area contributed by atoms with Crippen molar-refractivity contribution >= 4 is 7.85 Å². The molecule has 0 saturated heterocycles. The highest BCUT2D eigenvalue weighted by Gasteiger charge is 1.88. The maximum Gasteiger partial charge on any atom is 0.0751 e. The molecule has 0 spiro atoms. The van der Waals surface area contributed by atoms with Gasteiger partial charge in [0.1, 0.15) is 0 Å². The Bertz CT molecular complexity index is 148. The first kappa shape index (κ1) is 10.5. The Morgan fingerprint density at radius 3 is 2.64 bits per heavy atom. The van der Waals surface area contributed by atoms with Crippen LogP contribution in [0.25, 0.3) is 0 Å². The second kappa shape index (κ2) is 6.23. The quantitative estimate of drug-likeness (QED) is 0.473. The highest BCUT2D eigenvalue weighted by molar-refractivity contribution is 6.12. The van der Waals surface area contributed by atoms with Crippen LogP contribution in [0.5, 0.6) is 0 Å². The average Bonchev–Trinajstić information content (AvgIpc) is 1.97. The van der Waals surface area contributed by atoms with Crippen LogP contribution < -0.4 is 5.32 Å². The van der Waals surface area contributed by atoms with Gasteiger partial charge < -0.3 is 5.32 Å². The Kier molecular flexibility index (Phi) is 5.95. The molecule has 0 aliphatic rings. The van der Waals surface area contributed by atoms with E-state index in [1.165, 1.54) is 5.57 Å². The molecule has 2 heteroatoms. The van der Waals surface area contributed by atoms with Gasteiger partial charge in [0.2, 0.25) is 0 Å². The van der Waals surface area contributed by atoms with E-state index in [-0.39, 0.29) is 5.82 Å². The van der Waals surface area contributed by atoms with E-state index in [9.17, 15) is 0 Å². The van der Waals surface area contributed by atoms with Gasteiger partial charge in [0, 0.05) is 6.54 Å². The van der Waals surface area contributed by atoms with E-state index >= 15 is 0 Å². The van der Waals surface area contributed by atoms with Gasteiger partial charge in [0.25, 0.3) is 0 Å². The highest BCUT2D eigenvalue weighted by atomic mass is 14.8. The van der Waals surface area contributed by atoms with Crippen molar-refractivity contribution in [1.82, 2.24) is 5.32 Å². The van der Waals surface area contributed by atoms with Crippen LogP contribution in [0.2, 0.25) is 5.82 Å². The predicted octanol–water partition coefficient (Wildman–Crippen LogP) is 1.69. The lowest BCUT2D eigenvalue weighted by atomic mass is 9.89. The molecule has 0 amide bonds. The van der Waals surface area contributed by atoms with Crippen molar-refractivity contribution in [2.24, 2.45) is 0 Å². The average molecular weight is 149 g/mol. The number of hydrogen-bond donors (Lipinski definition) is 1. The van der Waals surface area contributed by atoms with E-state index in [4.69, 9.17) is 7.85 Å². The van der Waals surface area contributed by atoms with E-state index in [1.54, 1.807) is 0 Å². The Morgan fingerprint density at radius 1 is 1.64 bits per heavy atom. The summed E-state index contributed by atoms with van der Waals surface area (Å²) in [7, 11) is 7.49. The summed E-state index contributed by atoms with van der Waals surface area (Å²) in [6.45, 7) is 4.89. The van der Waals surface area contributed by atoms with Crippen LogP contribution in [0.1, 0.15) is 13.8 Å². The van der Waals surface area contributed by atoms with Gasteiger partial charge in [-0.05, 0) is 19.5 Å². The zero-order chi connectivity index (χ0) is 8.69. The maximum atomic E-state index is 5.56. The Morgan fingerprint density at radius 2 is 2.27 bits per heavy atom. The number of nitrogens with one attached hydrogen (secondary N) is 1. The molecule has 2 radical (unpaired) electrons. The first-order valence-electron chi connectivity index (χ1n) is 3.94. The summed E-state index contributed by atoms with van der Waals surface area (Å²) in [5, 5.41) is 3.08. The van der Waals surface area contributed by atoms with Crippen molar-refractivity contribution in [1.29, 1.82) is 0 Å². The second-order valence-corrected chi connectivity index (χ2v) is 2.61. The number of hydrogen-bond acceptors (Lipinski definition) is 1. The predicted molar refractivity (Wildman–Crippen MR) is 52.0 cm³/mol. The zero-order valence-electron chi connectivity index (χ0n) is 7.59. The van der Waals surface area contributed by atoms with Crippen LogP contribution in [0.15, 0.2) is 23.8 Å².